The molecule has 2 amide bonds. The number of phenolic OH excluding ortho intramolecular Hbond substituents is 1. The Bertz CT molecular complexity index is 793. The largest absolute Gasteiger partial charge is 0.507 e. The number of phenols is 1. The fraction of sp³-hybridized carbons (Fsp3) is 0.222. The van der Waals surface area contributed by atoms with Crippen LogP contribution in [0, 0.1) is 12.7 Å². The zero-order valence-electron chi connectivity index (χ0n) is 13.9. The van der Waals surface area contributed by atoms with Crippen LogP contribution in [0.25, 0.3) is 0 Å². The van der Waals surface area contributed by atoms with Gasteiger partial charge in [-0.2, -0.15) is 0 Å². The van der Waals surface area contributed by atoms with Crippen LogP contribution in [0.15, 0.2) is 36.4 Å². The van der Waals surface area contributed by atoms with Crippen LogP contribution >= 0.6 is 0 Å². The van der Waals surface area contributed by atoms with Crippen LogP contribution in [0.5, 0.6) is 11.5 Å². The van der Waals surface area contributed by atoms with Crippen LogP contribution in [0.3, 0.4) is 0 Å². The average Bonchev–Trinajstić information content (AvgIpc) is 2.60. The monoisotopic (exact) mass is 346 g/mol. The standard InChI is InChI=1S/C18H19FN2O4/c1-11-3-4-12(9-15(11)19)17(23)20-7-8-21-18(24)14-6-5-13(25-2)10-16(14)22/h3-6,9-10,22H,7-8H2,1-2H3,(H,20,23)(H,21,24). The molecular formula is C18H19FN2O4. The van der Waals surface area contributed by atoms with Crippen LogP contribution in [0.2, 0.25) is 0 Å². The first-order chi connectivity index (χ1) is 11.9. The third-order valence-electron chi connectivity index (χ3n) is 3.58. The SMILES string of the molecule is COc1ccc(C(=O)NCCNC(=O)c2ccc(C)c(F)c2)c(O)c1. The summed E-state index contributed by atoms with van der Waals surface area (Å²) in [4.78, 5) is 23.9. The summed E-state index contributed by atoms with van der Waals surface area (Å²) in [6.45, 7) is 1.93. The molecule has 0 unspecified atom stereocenters. The molecule has 25 heavy (non-hydrogen) atoms. The summed E-state index contributed by atoms with van der Waals surface area (Å²) in [5, 5.41) is 14.9. The van der Waals surface area contributed by atoms with Gasteiger partial charge in [0.15, 0.2) is 0 Å². The van der Waals surface area contributed by atoms with Gasteiger partial charge in [0, 0.05) is 24.7 Å². The van der Waals surface area contributed by atoms with E-state index in [1.54, 1.807) is 13.0 Å². The van der Waals surface area contributed by atoms with Gasteiger partial charge in [0.05, 0.1) is 12.7 Å². The van der Waals surface area contributed by atoms with Crippen molar-refractivity contribution in [3.63, 3.8) is 0 Å². The molecule has 0 heterocycles. The first-order valence-corrected chi connectivity index (χ1v) is 7.62. The maximum absolute atomic E-state index is 13.4. The fourth-order valence-electron chi connectivity index (χ4n) is 2.11. The van der Waals surface area contributed by atoms with E-state index in [0.717, 1.165) is 0 Å². The molecule has 0 fully saturated rings. The first-order valence-electron chi connectivity index (χ1n) is 7.62. The minimum absolute atomic E-state index is 0.104. The summed E-state index contributed by atoms with van der Waals surface area (Å²) in [6.07, 6.45) is 0. The Balaban J connectivity index is 1.83. The van der Waals surface area contributed by atoms with Crippen molar-refractivity contribution in [1.29, 1.82) is 0 Å². The second-order valence-corrected chi connectivity index (χ2v) is 5.36. The molecule has 0 aliphatic carbocycles. The van der Waals surface area contributed by atoms with Crippen molar-refractivity contribution in [2.24, 2.45) is 0 Å². The molecule has 0 aromatic heterocycles. The lowest BCUT2D eigenvalue weighted by molar-refractivity contribution is 0.0926. The fourth-order valence-corrected chi connectivity index (χ4v) is 2.11. The second-order valence-electron chi connectivity index (χ2n) is 5.36. The number of ether oxygens (including phenoxy) is 1. The number of hydrogen-bond acceptors (Lipinski definition) is 4. The lowest BCUT2D eigenvalue weighted by Gasteiger charge is -2.09. The topological polar surface area (TPSA) is 87.7 Å². The number of aryl methyl sites for hydroxylation is 1. The van der Waals surface area contributed by atoms with E-state index in [2.05, 4.69) is 10.6 Å². The van der Waals surface area contributed by atoms with Gasteiger partial charge in [0.2, 0.25) is 0 Å². The smallest absolute Gasteiger partial charge is 0.255 e. The normalized spacial score (nSPS) is 10.2. The number of rotatable bonds is 6. The number of hydrogen-bond donors (Lipinski definition) is 3. The predicted molar refractivity (Wildman–Crippen MR) is 90.5 cm³/mol. The molecule has 0 aliphatic heterocycles. The molecule has 132 valence electrons. The Morgan fingerprint density at radius 2 is 1.76 bits per heavy atom. The van der Waals surface area contributed by atoms with Gasteiger partial charge in [-0.05, 0) is 36.8 Å². The van der Waals surface area contributed by atoms with Gasteiger partial charge >= 0.3 is 0 Å². The Labute approximate surface area is 144 Å². The molecule has 2 aromatic carbocycles. The van der Waals surface area contributed by atoms with Crippen LogP contribution in [-0.4, -0.2) is 37.1 Å². The minimum Gasteiger partial charge on any atom is -0.507 e. The summed E-state index contributed by atoms with van der Waals surface area (Å²) >= 11 is 0. The van der Waals surface area contributed by atoms with Crippen molar-refractivity contribution in [2.75, 3.05) is 20.2 Å². The lowest BCUT2D eigenvalue weighted by atomic mass is 10.1. The molecule has 0 aliphatic rings. The maximum atomic E-state index is 13.4. The van der Waals surface area contributed by atoms with E-state index in [9.17, 15) is 19.1 Å². The number of amides is 2. The molecule has 0 radical (unpaired) electrons. The molecule has 0 spiro atoms. The molecule has 0 saturated carbocycles. The number of benzene rings is 2. The first kappa shape index (κ1) is 18.3. The third kappa shape index (κ3) is 4.69. The van der Waals surface area contributed by atoms with Crippen LogP contribution in [0.4, 0.5) is 4.39 Å². The molecule has 0 bridgehead atoms. The quantitative estimate of drug-likeness (QED) is 0.698. The number of halogens is 1. The van der Waals surface area contributed by atoms with E-state index in [-0.39, 0.29) is 30.0 Å². The van der Waals surface area contributed by atoms with E-state index < -0.39 is 17.6 Å². The van der Waals surface area contributed by atoms with Crippen molar-refractivity contribution in [3.05, 3.63) is 58.9 Å². The van der Waals surface area contributed by atoms with Crippen molar-refractivity contribution in [2.45, 2.75) is 6.92 Å². The van der Waals surface area contributed by atoms with E-state index in [1.165, 1.54) is 37.4 Å². The number of nitrogens with one attached hydrogen (secondary N) is 2. The summed E-state index contributed by atoms with van der Waals surface area (Å²) in [5.74, 6) is -1.12. The number of carbonyl (C=O) groups excluding carboxylic acids is 2. The molecule has 0 atom stereocenters. The van der Waals surface area contributed by atoms with Gasteiger partial charge < -0.3 is 20.5 Å². The van der Waals surface area contributed by atoms with Crippen molar-refractivity contribution in [3.8, 4) is 11.5 Å². The van der Waals surface area contributed by atoms with Crippen LogP contribution in [0.1, 0.15) is 26.3 Å². The summed E-state index contributed by atoms with van der Waals surface area (Å²) in [7, 11) is 1.46. The lowest BCUT2D eigenvalue weighted by Crippen LogP contribution is -2.34. The van der Waals surface area contributed by atoms with Gasteiger partial charge in [0.1, 0.15) is 17.3 Å². The highest BCUT2D eigenvalue weighted by Gasteiger charge is 2.12. The van der Waals surface area contributed by atoms with E-state index in [4.69, 9.17) is 4.74 Å². The molecule has 2 aromatic rings. The highest BCUT2D eigenvalue weighted by atomic mass is 19.1. The van der Waals surface area contributed by atoms with Gasteiger partial charge in [-0.25, -0.2) is 4.39 Å². The zero-order chi connectivity index (χ0) is 18.4. The molecular weight excluding hydrogens is 327 g/mol. The molecule has 2 rings (SSSR count). The zero-order valence-corrected chi connectivity index (χ0v) is 13.9. The van der Waals surface area contributed by atoms with Crippen LogP contribution < -0.4 is 15.4 Å². The Morgan fingerprint density at radius 1 is 1.08 bits per heavy atom. The minimum atomic E-state index is -0.476. The number of methoxy groups -OCH3 is 1. The highest BCUT2D eigenvalue weighted by Crippen LogP contribution is 2.23. The van der Waals surface area contributed by atoms with Crippen LogP contribution in [-0.2, 0) is 0 Å². The summed E-state index contributed by atoms with van der Waals surface area (Å²) in [6, 6.07) is 8.56. The maximum Gasteiger partial charge on any atom is 0.255 e. The van der Waals surface area contributed by atoms with Crippen molar-refractivity contribution in [1.82, 2.24) is 10.6 Å². The average molecular weight is 346 g/mol. The number of aromatic hydroxyl groups is 1. The third-order valence-corrected chi connectivity index (χ3v) is 3.58. The Kier molecular flexibility index (Phi) is 5.94. The summed E-state index contributed by atoms with van der Waals surface area (Å²) < 4.78 is 18.4. The van der Waals surface area contributed by atoms with Crippen molar-refractivity contribution < 1.29 is 23.8 Å². The van der Waals surface area contributed by atoms with Gasteiger partial charge in [-0.3, -0.25) is 9.59 Å². The Hall–Kier alpha value is -3.09. The van der Waals surface area contributed by atoms with E-state index in [0.29, 0.717) is 11.3 Å². The molecule has 6 nitrogen and oxygen atoms in total. The molecule has 0 saturated heterocycles. The van der Waals surface area contributed by atoms with E-state index >= 15 is 0 Å². The van der Waals surface area contributed by atoms with Gasteiger partial charge in [0.25, 0.3) is 11.8 Å². The van der Waals surface area contributed by atoms with E-state index in [1.807, 2.05) is 0 Å². The predicted octanol–water partition coefficient (Wildman–Crippen LogP) is 2.01. The van der Waals surface area contributed by atoms with Gasteiger partial charge in [-0.1, -0.05) is 6.07 Å². The molecule has 7 heteroatoms. The molecule has 3 N–H and O–H groups in total. The second kappa shape index (κ2) is 8.14. The number of carbonyl (C=O) groups is 2. The van der Waals surface area contributed by atoms with Gasteiger partial charge in [-0.15, -0.1) is 0 Å². The summed E-state index contributed by atoms with van der Waals surface area (Å²) in [5.41, 5.74) is 0.776. The Morgan fingerprint density at radius 3 is 2.36 bits per heavy atom. The van der Waals surface area contributed by atoms with Crippen molar-refractivity contribution >= 4 is 11.8 Å². The highest BCUT2D eigenvalue weighted by molar-refractivity contribution is 5.97.